The number of rotatable bonds is 5. The maximum atomic E-state index is 12.6. The molecule has 1 fully saturated rings. The molecule has 0 aromatic heterocycles. The highest BCUT2D eigenvalue weighted by molar-refractivity contribution is 5.85. The molecule has 0 saturated carbocycles. The molecule has 3 nitrogen and oxygen atoms in total. The number of nitrogens with one attached hydrogen (secondary N) is 1. The van der Waals surface area contributed by atoms with E-state index in [1.165, 1.54) is 5.56 Å². The van der Waals surface area contributed by atoms with Gasteiger partial charge in [-0.1, -0.05) is 37.3 Å². The van der Waals surface area contributed by atoms with Gasteiger partial charge < -0.3 is 10.2 Å². The normalized spacial score (nSPS) is 18.1. The van der Waals surface area contributed by atoms with Gasteiger partial charge in [-0.15, -0.1) is 12.4 Å². The van der Waals surface area contributed by atoms with Crippen LogP contribution in [0.4, 0.5) is 0 Å². The molecule has 1 aliphatic heterocycles. The molecule has 0 radical (unpaired) electrons. The summed E-state index contributed by atoms with van der Waals surface area (Å²) in [5, 5.41) is 3.33. The highest BCUT2D eigenvalue weighted by Gasteiger charge is 2.25. The van der Waals surface area contributed by atoms with Crippen LogP contribution in [0.1, 0.15) is 31.7 Å². The number of nitrogens with zero attached hydrogens (tertiary/aromatic N) is 1. The standard InChI is InChI=1S/C16H24N2O.ClH/c1-2-11-18(13-14-7-4-3-5-8-14)16(19)15-9-6-10-17-12-15;/h3-5,7-8,15,17H,2,6,9-13H2,1H3;1H. The number of carbonyl (C=O) groups is 1. The lowest BCUT2D eigenvalue weighted by molar-refractivity contribution is -0.136. The van der Waals surface area contributed by atoms with Crippen LogP contribution < -0.4 is 5.32 Å². The Morgan fingerprint density at radius 3 is 2.70 bits per heavy atom. The first kappa shape index (κ1) is 17.0. The highest BCUT2D eigenvalue weighted by atomic mass is 35.5. The van der Waals surface area contributed by atoms with Gasteiger partial charge in [-0.3, -0.25) is 4.79 Å². The van der Waals surface area contributed by atoms with Gasteiger partial charge in [-0.2, -0.15) is 0 Å². The zero-order valence-electron chi connectivity index (χ0n) is 12.2. The van der Waals surface area contributed by atoms with Crippen LogP contribution >= 0.6 is 12.4 Å². The minimum Gasteiger partial charge on any atom is -0.338 e. The van der Waals surface area contributed by atoms with Crippen LogP contribution in [0.5, 0.6) is 0 Å². The molecule has 0 spiro atoms. The van der Waals surface area contributed by atoms with E-state index in [4.69, 9.17) is 0 Å². The van der Waals surface area contributed by atoms with E-state index >= 15 is 0 Å². The predicted molar refractivity (Wildman–Crippen MR) is 85.0 cm³/mol. The number of amides is 1. The van der Waals surface area contributed by atoms with Crippen LogP contribution in [-0.4, -0.2) is 30.4 Å². The Labute approximate surface area is 128 Å². The Morgan fingerprint density at radius 1 is 1.35 bits per heavy atom. The fraction of sp³-hybridized carbons (Fsp3) is 0.562. The Bertz CT molecular complexity index is 391. The summed E-state index contributed by atoms with van der Waals surface area (Å²) in [4.78, 5) is 14.6. The van der Waals surface area contributed by atoms with Crippen LogP contribution in [0.3, 0.4) is 0 Å². The topological polar surface area (TPSA) is 32.3 Å². The van der Waals surface area contributed by atoms with Gasteiger partial charge in [0, 0.05) is 19.6 Å². The Kier molecular flexibility index (Phi) is 7.63. The third-order valence-electron chi connectivity index (χ3n) is 3.67. The third-order valence-corrected chi connectivity index (χ3v) is 3.67. The molecule has 112 valence electrons. The van der Waals surface area contributed by atoms with E-state index in [-0.39, 0.29) is 18.3 Å². The molecule has 0 aliphatic carbocycles. The molecular weight excluding hydrogens is 272 g/mol. The molecule has 1 atom stereocenters. The van der Waals surface area contributed by atoms with Crippen LogP contribution in [-0.2, 0) is 11.3 Å². The SMILES string of the molecule is CCCN(Cc1ccccc1)C(=O)C1CCCNC1.Cl. The smallest absolute Gasteiger partial charge is 0.227 e. The number of carbonyl (C=O) groups excluding carboxylic acids is 1. The first-order chi connectivity index (χ1) is 9.31. The van der Waals surface area contributed by atoms with Gasteiger partial charge in [0.25, 0.3) is 0 Å². The summed E-state index contributed by atoms with van der Waals surface area (Å²) in [5.74, 6) is 0.488. The average Bonchev–Trinajstić information content (AvgIpc) is 2.48. The molecule has 1 heterocycles. The molecule has 0 bridgehead atoms. The summed E-state index contributed by atoms with van der Waals surface area (Å²) in [6.45, 7) is 5.61. The summed E-state index contributed by atoms with van der Waals surface area (Å²) in [5.41, 5.74) is 1.22. The summed E-state index contributed by atoms with van der Waals surface area (Å²) in [7, 11) is 0. The van der Waals surface area contributed by atoms with Gasteiger partial charge in [0.05, 0.1) is 5.92 Å². The molecule has 1 aliphatic rings. The van der Waals surface area contributed by atoms with Crippen molar-refractivity contribution < 1.29 is 4.79 Å². The molecule has 1 aromatic carbocycles. The lowest BCUT2D eigenvalue weighted by Gasteiger charge is -2.29. The van der Waals surface area contributed by atoms with Gasteiger partial charge in [-0.05, 0) is 31.4 Å². The van der Waals surface area contributed by atoms with Crippen molar-refractivity contribution in [1.82, 2.24) is 10.2 Å². The van der Waals surface area contributed by atoms with Gasteiger partial charge in [-0.25, -0.2) is 0 Å². The number of hydrogen-bond acceptors (Lipinski definition) is 2. The molecule has 1 saturated heterocycles. The highest BCUT2D eigenvalue weighted by Crippen LogP contribution is 2.16. The van der Waals surface area contributed by atoms with Crippen molar-refractivity contribution in [3.63, 3.8) is 0 Å². The number of hydrogen-bond donors (Lipinski definition) is 1. The Morgan fingerprint density at radius 2 is 2.10 bits per heavy atom. The van der Waals surface area contributed by atoms with E-state index in [0.29, 0.717) is 5.91 Å². The maximum absolute atomic E-state index is 12.6. The molecule has 2 rings (SSSR count). The van der Waals surface area contributed by atoms with Gasteiger partial charge in [0.15, 0.2) is 0 Å². The zero-order valence-corrected chi connectivity index (χ0v) is 13.0. The predicted octanol–water partition coefficient (Wildman–Crippen LogP) is 2.85. The number of halogens is 1. The van der Waals surface area contributed by atoms with Crippen molar-refractivity contribution in [3.05, 3.63) is 35.9 Å². The lowest BCUT2D eigenvalue weighted by Crippen LogP contribution is -2.43. The minimum absolute atomic E-state index is 0. The second-order valence-corrected chi connectivity index (χ2v) is 5.29. The quantitative estimate of drug-likeness (QED) is 0.906. The van der Waals surface area contributed by atoms with E-state index in [1.54, 1.807) is 0 Å². The number of benzene rings is 1. The molecule has 20 heavy (non-hydrogen) atoms. The Hall–Kier alpha value is -1.06. The Balaban J connectivity index is 0.00000200. The van der Waals surface area contributed by atoms with E-state index in [9.17, 15) is 4.79 Å². The van der Waals surface area contributed by atoms with Crippen LogP contribution in [0.15, 0.2) is 30.3 Å². The van der Waals surface area contributed by atoms with Gasteiger partial charge >= 0.3 is 0 Å². The fourth-order valence-electron chi connectivity index (χ4n) is 2.66. The van der Waals surface area contributed by atoms with Crippen LogP contribution in [0, 0.1) is 5.92 Å². The van der Waals surface area contributed by atoms with Crippen molar-refractivity contribution in [3.8, 4) is 0 Å². The minimum atomic E-state index is 0. The van der Waals surface area contributed by atoms with Crippen LogP contribution in [0.2, 0.25) is 0 Å². The first-order valence-corrected chi connectivity index (χ1v) is 7.34. The second kappa shape index (κ2) is 8.98. The van der Waals surface area contributed by atoms with E-state index in [2.05, 4.69) is 24.4 Å². The number of piperidine rings is 1. The zero-order chi connectivity index (χ0) is 13.5. The second-order valence-electron chi connectivity index (χ2n) is 5.29. The molecule has 4 heteroatoms. The van der Waals surface area contributed by atoms with E-state index in [1.807, 2.05) is 23.1 Å². The van der Waals surface area contributed by atoms with Crippen molar-refractivity contribution in [2.75, 3.05) is 19.6 Å². The van der Waals surface area contributed by atoms with Crippen molar-refractivity contribution in [2.45, 2.75) is 32.7 Å². The van der Waals surface area contributed by atoms with Gasteiger partial charge in [0.1, 0.15) is 0 Å². The molecule has 1 aromatic rings. The third kappa shape index (κ3) is 4.80. The van der Waals surface area contributed by atoms with Crippen molar-refractivity contribution in [2.24, 2.45) is 5.92 Å². The fourth-order valence-corrected chi connectivity index (χ4v) is 2.66. The average molecular weight is 297 g/mol. The molecular formula is C16H25ClN2O. The summed E-state index contributed by atoms with van der Waals surface area (Å²) in [6.07, 6.45) is 3.15. The summed E-state index contributed by atoms with van der Waals surface area (Å²) < 4.78 is 0. The largest absolute Gasteiger partial charge is 0.338 e. The van der Waals surface area contributed by atoms with E-state index < -0.39 is 0 Å². The first-order valence-electron chi connectivity index (χ1n) is 7.34. The maximum Gasteiger partial charge on any atom is 0.227 e. The van der Waals surface area contributed by atoms with E-state index in [0.717, 1.165) is 45.4 Å². The van der Waals surface area contributed by atoms with Crippen molar-refractivity contribution in [1.29, 1.82) is 0 Å². The summed E-state index contributed by atoms with van der Waals surface area (Å²) >= 11 is 0. The lowest BCUT2D eigenvalue weighted by atomic mass is 9.97. The van der Waals surface area contributed by atoms with Gasteiger partial charge in [0.2, 0.25) is 5.91 Å². The molecule has 1 unspecified atom stereocenters. The molecule has 1 amide bonds. The van der Waals surface area contributed by atoms with Crippen molar-refractivity contribution >= 4 is 18.3 Å². The monoisotopic (exact) mass is 296 g/mol. The summed E-state index contributed by atoms with van der Waals surface area (Å²) in [6, 6.07) is 10.3. The van der Waals surface area contributed by atoms with Crippen LogP contribution in [0.25, 0.3) is 0 Å². The molecule has 1 N–H and O–H groups in total.